The van der Waals surface area contributed by atoms with E-state index in [2.05, 4.69) is 22.0 Å². The molecule has 0 saturated carbocycles. The van der Waals surface area contributed by atoms with Crippen LogP contribution in [0, 0.1) is 11.8 Å². The zero-order valence-corrected chi connectivity index (χ0v) is 13.0. The van der Waals surface area contributed by atoms with Crippen molar-refractivity contribution < 1.29 is 5.11 Å². The lowest BCUT2D eigenvalue weighted by Gasteiger charge is -2.03. The Hall–Kier alpha value is -1.55. The largest absolute Gasteiger partial charge is 0.384 e. The summed E-state index contributed by atoms with van der Waals surface area (Å²) in [6.07, 6.45) is 0. The first-order valence-corrected chi connectivity index (χ1v) is 7.81. The van der Waals surface area contributed by atoms with E-state index < -0.39 is 0 Å². The van der Waals surface area contributed by atoms with E-state index in [1.165, 1.54) is 5.56 Å². The number of thioether (sulfide) groups is 1. The van der Waals surface area contributed by atoms with Gasteiger partial charge >= 0.3 is 0 Å². The Morgan fingerprint density at radius 2 is 2.00 bits per heavy atom. The molecule has 1 aromatic carbocycles. The van der Waals surface area contributed by atoms with Crippen molar-refractivity contribution >= 4 is 28.2 Å². The number of hydrogen-bond acceptors (Lipinski definition) is 6. The molecule has 2 aromatic rings. The van der Waals surface area contributed by atoms with Crippen molar-refractivity contribution in [3.63, 3.8) is 0 Å². The predicted octanol–water partition coefficient (Wildman–Crippen LogP) is 2.24. The number of aliphatic hydroxyl groups is 1. The summed E-state index contributed by atoms with van der Waals surface area (Å²) in [6, 6.07) is 8.01. The lowest BCUT2D eigenvalue weighted by molar-refractivity contribution is 0.350. The van der Waals surface area contributed by atoms with Crippen molar-refractivity contribution in [1.29, 1.82) is 0 Å². The second-order valence-electron chi connectivity index (χ2n) is 4.19. The van der Waals surface area contributed by atoms with Gasteiger partial charge < -0.3 is 10.0 Å². The van der Waals surface area contributed by atoms with Crippen LogP contribution < -0.4 is 4.90 Å². The number of anilines is 1. The number of hydrogen-bond donors (Lipinski definition) is 1. The molecular weight excluding hydrogens is 290 g/mol. The Morgan fingerprint density at radius 1 is 1.25 bits per heavy atom. The molecule has 0 atom stereocenters. The average molecular weight is 305 g/mol. The minimum Gasteiger partial charge on any atom is -0.384 e. The summed E-state index contributed by atoms with van der Waals surface area (Å²) >= 11 is 3.27. The van der Waals surface area contributed by atoms with Crippen molar-refractivity contribution in [1.82, 2.24) is 10.2 Å². The van der Waals surface area contributed by atoms with Crippen LogP contribution in [0.1, 0.15) is 11.1 Å². The molecule has 0 aliphatic heterocycles. The highest BCUT2D eigenvalue weighted by Gasteiger charge is 2.06. The molecule has 0 aliphatic carbocycles. The normalized spacial score (nSPS) is 9.95. The van der Waals surface area contributed by atoms with Crippen LogP contribution in [0.15, 0.2) is 28.6 Å². The van der Waals surface area contributed by atoms with Crippen molar-refractivity contribution in [3.8, 4) is 11.8 Å². The van der Waals surface area contributed by atoms with E-state index in [-0.39, 0.29) is 6.61 Å². The third kappa shape index (κ3) is 4.23. The fourth-order valence-electron chi connectivity index (χ4n) is 1.41. The molecule has 0 unspecified atom stereocenters. The summed E-state index contributed by atoms with van der Waals surface area (Å²) in [5, 5.41) is 17.8. The summed E-state index contributed by atoms with van der Waals surface area (Å²) in [6.45, 7) is -0.108. The van der Waals surface area contributed by atoms with E-state index in [1.807, 2.05) is 43.3 Å². The molecule has 1 N–H and O–H groups in total. The van der Waals surface area contributed by atoms with Crippen LogP contribution in [-0.2, 0) is 5.75 Å². The Kier molecular flexibility index (Phi) is 5.41. The van der Waals surface area contributed by atoms with Gasteiger partial charge in [-0.2, -0.15) is 0 Å². The van der Waals surface area contributed by atoms with Gasteiger partial charge in [-0.15, -0.1) is 10.2 Å². The molecule has 1 heterocycles. The topological polar surface area (TPSA) is 49.2 Å². The first-order valence-electron chi connectivity index (χ1n) is 6.01. The SMILES string of the molecule is CN(C)c1nnc(SCc2ccc(C#CCO)cc2)s1. The van der Waals surface area contributed by atoms with Crippen LogP contribution in [-0.4, -0.2) is 36.0 Å². The van der Waals surface area contributed by atoms with E-state index in [1.54, 1.807) is 23.1 Å². The minimum absolute atomic E-state index is 0.108. The Balaban J connectivity index is 1.93. The van der Waals surface area contributed by atoms with Crippen LogP contribution in [0.2, 0.25) is 0 Å². The quantitative estimate of drug-likeness (QED) is 0.693. The highest BCUT2D eigenvalue weighted by atomic mass is 32.2. The average Bonchev–Trinajstić information content (AvgIpc) is 2.93. The van der Waals surface area contributed by atoms with Gasteiger partial charge in [0.05, 0.1) is 0 Å². The Morgan fingerprint density at radius 3 is 2.60 bits per heavy atom. The number of benzene rings is 1. The van der Waals surface area contributed by atoms with Crippen LogP contribution in [0.3, 0.4) is 0 Å². The summed E-state index contributed by atoms with van der Waals surface area (Å²) in [4.78, 5) is 1.95. The first-order chi connectivity index (χ1) is 9.69. The van der Waals surface area contributed by atoms with Gasteiger partial charge in [0.25, 0.3) is 0 Å². The smallest absolute Gasteiger partial charge is 0.208 e. The van der Waals surface area contributed by atoms with Gasteiger partial charge in [-0.25, -0.2) is 0 Å². The zero-order valence-electron chi connectivity index (χ0n) is 11.3. The molecular formula is C14H15N3OS2. The molecule has 1 aromatic heterocycles. The van der Waals surface area contributed by atoms with Crippen molar-refractivity contribution in [3.05, 3.63) is 35.4 Å². The Bertz CT molecular complexity index is 611. The Labute approximate surface area is 126 Å². The van der Waals surface area contributed by atoms with E-state index in [0.717, 1.165) is 20.8 Å². The number of nitrogens with zero attached hydrogens (tertiary/aromatic N) is 3. The summed E-state index contributed by atoms with van der Waals surface area (Å²) < 4.78 is 0.970. The predicted molar refractivity (Wildman–Crippen MR) is 84.2 cm³/mol. The second-order valence-corrected chi connectivity index (χ2v) is 6.37. The molecule has 20 heavy (non-hydrogen) atoms. The fourth-order valence-corrected chi connectivity index (χ4v) is 3.13. The van der Waals surface area contributed by atoms with Gasteiger partial charge in [0.15, 0.2) is 4.34 Å². The fraction of sp³-hybridized carbons (Fsp3) is 0.286. The standard InChI is InChI=1S/C14H15N3OS2/c1-17(2)13-15-16-14(20-13)19-10-12-7-5-11(6-8-12)4-3-9-18/h5-8,18H,9-10H2,1-2H3. The van der Waals surface area contributed by atoms with Crippen molar-refractivity contribution in [2.24, 2.45) is 0 Å². The van der Waals surface area contributed by atoms with Crippen molar-refractivity contribution in [2.45, 2.75) is 10.1 Å². The van der Waals surface area contributed by atoms with Gasteiger partial charge in [0.2, 0.25) is 5.13 Å². The molecule has 104 valence electrons. The molecule has 0 radical (unpaired) electrons. The lowest BCUT2D eigenvalue weighted by Crippen LogP contribution is -2.07. The molecule has 6 heteroatoms. The van der Waals surface area contributed by atoms with Gasteiger partial charge in [-0.1, -0.05) is 47.1 Å². The molecule has 2 rings (SSSR count). The van der Waals surface area contributed by atoms with Crippen molar-refractivity contribution in [2.75, 3.05) is 25.6 Å². The molecule has 0 saturated heterocycles. The number of rotatable bonds is 4. The maximum absolute atomic E-state index is 8.64. The van der Waals surface area contributed by atoms with Crippen LogP contribution >= 0.6 is 23.1 Å². The second kappa shape index (κ2) is 7.29. The zero-order chi connectivity index (χ0) is 14.4. The van der Waals surface area contributed by atoms with E-state index in [9.17, 15) is 0 Å². The van der Waals surface area contributed by atoms with Crippen LogP contribution in [0.4, 0.5) is 5.13 Å². The van der Waals surface area contributed by atoms with Crippen LogP contribution in [0.25, 0.3) is 0 Å². The molecule has 0 amide bonds. The monoisotopic (exact) mass is 305 g/mol. The molecule has 0 spiro atoms. The summed E-state index contributed by atoms with van der Waals surface area (Å²) in [5.74, 6) is 6.37. The number of aliphatic hydroxyl groups excluding tert-OH is 1. The van der Waals surface area contributed by atoms with E-state index >= 15 is 0 Å². The highest BCUT2D eigenvalue weighted by molar-refractivity contribution is 8.00. The van der Waals surface area contributed by atoms with E-state index in [0.29, 0.717) is 0 Å². The van der Waals surface area contributed by atoms with Gasteiger partial charge in [0.1, 0.15) is 6.61 Å². The van der Waals surface area contributed by atoms with Gasteiger partial charge in [-0.05, 0) is 17.7 Å². The third-order valence-corrected chi connectivity index (χ3v) is 4.70. The van der Waals surface area contributed by atoms with Crippen LogP contribution in [0.5, 0.6) is 0 Å². The van der Waals surface area contributed by atoms with Gasteiger partial charge in [0, 0.05) is 25.4 Å². The summed E-state index contributed by atoms with van der Waals surface area (Å²) in [7, 11) is 3.92. The molecule has 0 aliphatic rings. The molecule has 4 nitrogen and oxygen atoms in total. The molecule has 0 fully saturated rings. The highest BCUT2D eigenvalue weighted by Crippen LogP contribution is 2.29. The summed E-state index contributed by atoms with van der Waals surface area (Å²) in [5.41, 5.74) is 2.13. The minimum atomic E-state index is -0.108. The van der Waals surface area contributed by atoms with E-state index in [4.69, 9.17) is 5.11 Å². The maximum Gasteiger partial charge on any atom is 0.208 e. The maximum atomic E-state index is 8.64. The van der Waals surface area contributed by atoms with Gasteiger partial charge in [-0.3, -0.25) is 0 Å². The third-order valence-electron chi connectivity index (χ3n) is 2.41. The molecule has 0 bridgehead atoms. The number of aromatic nitrogens is 2. The first kappa shape index (κ1) is 14.9. The lowest BCUT2D eigenvalue weighted by atomic mass is 10.1.